The van der Waals surface area contributed by atoms with Gasteiger partial charge in [0.2, 0.25) is 15.9 Å². The summed E-state index contributed by atoms with van der Waals surface area (Å²) in [7, 11) is -3.45. The van der Waals surface area contributed by atoms with Gasteiger partial charge in [0.25, 0.3) is 0 Å². The molecule has 0 radical (unpaired) electrons. The summed E-state index contributed by atoms with van der Waals surface area (Å²) in [6.45, 7) is 2.80. The number of nitrogens with zero attached hydrogens (tertiary/aromatic N) is 1. The Labute approximate surface area is 148 Å². The van der Waals surface area contributed by atoms with Crippen molar-refractivity contribution < 1.29 is 13.2 Å². The summed E-state index contributed by atoms with van der Waals surface area (Å²) >= 11 is 0. The Balaban J connectivity index is 1.58. The van der Waals surface area contributed by atoms with Gasteiger partial charge in [-0.15, -0.1) is 0 Å². The van der Waals surface area contributed by atoms with Crippen LogP contribution in [0.5, 0.6) is 0 Å². The minimum atomic E-state index is -3.45. The molecule has 0 unspecified atom stereocenters. The molecule has 0 atom stereocenters. The first-order chi connectivity index (χ1) is 11.9. The summed E-state index contributed by atoms with van der Waals surface area (Å²) < 4.78 is 26.6. The first-order valence-corrected chi connectivity index (χ1v) is 9.96. The van der Waals surface area contributed by atoms with Crippen LogP contribution in [0.2, 0.25) is 0 Å². The fourth-order valence-corrected chi connectivity index (χ4v) is 4.41. The van der Waals surface area contributed by atoms with Crippen molar-refractivity contribution in [3.63, 3.8) is 0 Å². The van der Waals surface area contributed by atoms with Gasteiger partial charge in [-0.3, -0.25) is 4.79 Å². The summed E-state index contributed by atoms with van der Waals surface area (Å²) in [6, 6.07) is 15.3. The number of sulfonamides is 1. The van der Waals surface area contributed by atoms with Crippen molar-refractivity contribution in [1.82, 2.24) is 4.31 Å². The van der Waals surface area contributed by atoms with Crippen molar-refractivity contribution >= 4 is 21.6 Å². The second-order valence-corrected chi connectivity index (χ2v) is 8.42. The average molecular weight is 358 g/mol. The first-order valence-electron chi connectivity index (χ1n) is 8.35. The van der Waals surface area contributed by atoms with Gasteiger partial charge in [0.1, 0.15) is 0 Å². The molecule has 1 heterocycles. The van der Waals surface area contributed by atoms with Crippen LogP contribution in [0.15, 0.2) is 48.5 Å². The Morgan fingerprint density at radius 1 is 1.12 bits per heavy atom. The number of carbonyl (C=O) groups excluding carboxylic acids is 1. The molecule has 0 saturated carbocycles. The van der Waals surface area contributed by atoms with Gasteiger partial charge in [-0.05, 0) is 42.2 Å². The molecule has 5 nitrogen and oxygen atoms in total. The Hall–Kier alpha value is -2.18. The predicted molar refractivity (Wildman–Crippen MR) is 98.8 cm³/mol. The minimum absolute atomic E-state index is 0.0472. The van der Waals surface area contributed by atoms with Crippen LogP contribution in [0.4, 0.5) is 5.69 Å². The SMILES string of the molecule is Cc1cccc(NC(=O)CCS(=O)(=O)N2CCc3ccccc3C2)c1. The van der Waals surface area contributed by atoms with Crippen molar-refractivity contribution in [3.8, 4) is 0 Å². The second kappa shape index (κ2) is 7.37. The van der Waals surface area contributed by atoms with E-state index in [4.69, 9.17) is 0 Å². The van der Waals surface area contributed by atoms with Gasteiger partial charge >= 0.3 is 0 Å². The minimum Gasteiger partial charge on any atom is -0.326 e. The van der Waals surface area contributed by atoms with Gasteiger partial charge in [-0.2, -0.15) is 4.31 Å². The quantitative estimate of drug-likeness (QED) is 0.894. The molecule has 0 aromatic heterocycles. The molecule has 3 rings (SSSR count). The summed E-state index contributed by atoms with van der Waals surface area (Å²) in [6.07, 6.45) is 0.666. The molecule has 1 aliphatic heterocycles. The van der Waals surface area contributed by atoms with Crippen molar-refractivity contribution in [2.45, 2.75) is 26.3 Å². The van der Waals surface area contributed by atoms with Crippen molar-refractivity contribution in [2.24, 2.45) is 0 Å². The van der Waals surface area contributed by atoms with E-state index < -0.39 is 10.0 Å². The van der Waals surface area contributed by atoms with Crippen LogP contribution in [0, 0.1) is 6.92 Å². The van der Waals surface area contributed by atoms with E-state index in [1.807, 2.05) is 49.4 Å². The van der Waals surface area contributed by atoms with E-state index in [1.54, 1.807) is 6.07 Å². The number of anilines is 1. The lowest BCUT2D eigenvalue weighted by Crippen LogP contribution is -2.38. The smallest absolute Gasteiger partial charge is 0.225 e. The van der Waals surface area contributed by atoms with Crippen LogP contribution >= 0.6 is 0 Å². The van der Waals surface area contributed by atoms with Gasteiger partial charge in [0, 0.05) is 25.2 Å². The molecule has 0 spiro atoms. The van der Waals surface area contributed by atoms with Crippen molar-refractivity contribution in [2.75, 3.05) is 17.6 Å². The van der Waals surface area contributed by atoms with E-state index in [1.165, 1.54) is 9.87 Å². The largest absolute Gasteiger partial charge is 0.326 e. The third kappa shape index (κ3) is 4.46. The number of carbonyl (C=O) groups is 1. The maximum Gasteiger partial charge on any atom is 0.225 e. The molecule has 1 aliphatic rings. The summed E-state index contributed by atoms with van der Waals surface area (Å²) in [5.41, 5.74) is 3.97. The molecule has 1 amide bonds. The number of nitrogens with one attached hydrogen (secondary N) is 1. The molecule has 2 aromatic carbocycles. The molecule has 2 aromatic rings. The highest BCUT2D eigenvalue weighted by molar-refractivity contribution is 7.89. The van der Waals surface area contributed by atoms with Crippen LogP contribution < -0.4 is 5.32 Å². The van der Waals surface area contributed by atoms with E-state index >= 15 is 0 Å². The standard InChI is InChI=1S/C19H22N2O3S/c1-15-5-4-8-18(13-15)20-19(22)10-12-25(23,24)21-11-9-16-6-2-3-7-17(16)14-21/h2-8,13H,9-12,14H2,1H3,(H,20,22). The van der Waals surface area contributed by atoms with Crippen LogP contribution in [0.25, 0.3) is 0 Å². The van der Waals surface area contributed by atoms with Crippen molar-refractivity contribution in [3.05, 3.63) is 65.2 Å². The summed E-state index contributed by atoms with van der Waals surface area (Å²) in [5.74, 6) is -0.459. The van der Waals surface area contributed by atoms with Crippen LogP contribution in [-0.2, 0) is 27.8 Å². The Kier molecular flexibility index (Phi) is 5.20. The number of hydrogen-bond acceptors (Lipinski definition) is 3. The van der Waals surface area contributed by atoms with E-state index in [0.29, 0.717) is 25.2 Å². The monoisotopic (exact) mass is 358 g/mol. The molecular formula is C19H22N2O3S. The maximum atomic E-state index is 12.6. The van der Waals surface area contributed by atoms with Gasteiger partial charge in [0.05, 0.1) is 5.75 Å². The molecule has 0 saturated heterocycles. The van der Waals surface area contributed by atoms with E-state index in [-0.39, 0.29) is 18.1 Å². The average Bonchev–Trinajstić information content (AvgIpc) is 2.60. The zero-order valence-corrected chi connectivity index (χ0v) is 15.1. The zero-order chi connectivity index (χ0) is 17.9. The molecular weight excluding hydrogens is 336 g/mol. The molecule has 132 valence electrons. The third-order valence-electron chi connectivity index (χ3n) is 4.38. The fraction of sp³-hybridized carbons (Fsp3) is 0.316. The topological polar surface area (TPSA) is 66.5 Å². The van der Waals surface area contributed by atoms with Gasteiger partial charge in [-0.25, -0.2) is 8.42 Å². The van der Waals surface area contributed by atoms with E-state index in [2.05, 4.69) is 5.32 Å². The maximum absolute atomic E-state index is 12.6. The fourth-order valence-electron chi connectivity index (χ4n) is 3.00. The molecule has 1 N–H and O–H groups in total. The van der Waals surface area contributed by atoms with E-state index in [9.17, 15) is 13.2 Å². The van der Waals surface area contributed by atoms with Crippen molar-refractivity contribution in [1.29, 1.82) is 0 Å². The second-order valence-electron chi connectivity index (χ2n) is 6.34. The Morgan fingerprint density at radius 3 is 2.64 bits per heavy atom. The molecule has 6 heteroatoms. The highest BCUT2D eigenvalue weighted by Gasteiger charge is 2.26. The highest BCUT2D eigenvalue weighted by atomic mass is 32.2. The lowest BCUT2D eigenvalue weighted by Gasteiger charge is -2.28. The predicted octanol–water partition coefficient (Wildman–Crippen LogP) is 2.71. The number of benzene rings is 2. The lowest BCUT2D eigenvalue weighted by molar-refractivity contribution is -0.115. The van der Waals surface area contributed by atoms with Crippen LogP contribution in [0.1, 0.15) is 23.1 Å². The number of amides is 1. The third-order valence-corrected chi connectivity index (χ3v) is 6.20. The van der Waals surface area contributed by atoms with Gasteiger partial charge in [-0.1, -0.05) is 36.4 Å². The van der Waals surface area contributed by atoms with Gasteiger partial charge < -0.3 is 5.32 Å². The molecule has 25 heavy (non-hydrogen) atoms. The summed E-state index contributed by atoms with van der Waals surface area (Å²) in [5, 5.41) is 2.75. The number of aryl methyl sites for hydroxylation is 1. The lowest BCUT2D eigenvalue weighted by atomic mass is 10.0. The Bertz CT molecular complexity index is 878. The van der Waals surface area contributed by atoms with Crippen LogP contribution in [0.3, 0.4) is 0 Å². The summed E-state index contributed by atoms with van der Waals surface area (Å²) in [4.78, 5) is 12.1. The number of hydrogen-bond donors (Lipinski definition) is 1. The van der Waals surface area contributed by atoms with Gasteiger partial charge in [0.15, 0.2) is 0 Å². The molecule has 0 bridgehead atoms. The molecule has 0 aliphatic carbocycles. The number of rotatable bonds is 5. The Morgan fingerprint density at radius 2 is 1.88 bits per heavy atom. The molecule has 0 fully saturated rings. The highest BCUT2D eigenvalue weighted by Crippen LogP contribution is 2.21. The van der Waals surface area contributed by atoms with Crippen LogP contribution in [-0.4, -0.2) is 30.9 Å². The number of fused-ring (bicyclic) bond motifs is 1. The normalized spacial score (nSPS) is 14.8. The van der Waals surface area contributed by atoms with E-state index in [0.717, 1.165) is 11.1 Å². The zero-order valence-electron chi connectivity index (χ0n) is 14.2. The first kappa shape index (κ1) is 17.6.